The number of carboxylic acid groups (broad SMARTS) is 1. The summed E-state index contributed by atoms with van der Waals surface area (Å²) in [5, 5.41) is 8.71. The fraction of sp³-hybridized carbons (Fsp3) is 0.538. The number of hydrogen-bond donors (Lipinski definition) is 2. The van der Waals surface area contributed by atoms with Gasteiger partial charge >= 0.3 is 5.97 Å². The number of nitrogens with zero attached hydrogens (tertiary/aromatic N) is 1. The zero-order chi connectivity index (χ0) is 15.5. The number of halogens is 1. The summed E-state index contributed by atoms with van der Waals surface area (Å²) in [6, 6.07) is 2.33. The van der Waals surface area contributed by atoms with Crippen molar-refractivity contribution in [2.75, 3.05) is 6.54 Å². The molecule has 0 aromatic carbocycles. The zero-order valence-electron chi connectivity index (χ0n) is 11.3. The van der Waals surface area contributed by atoms with Crippen LogP contribution < -0.4 is 4.72 Å². The van der Waals surface area contributed by atoms with Gasteiger partial charge in [0.15, 0.2) is 0 Å². The predicted octanol–water partition coefficient (Wildman–Crippen LogP) is 1.59. The molecule has 0 amide bonds. The van der Waals surface area contributed by atoms with Crippen molar-refractivity contribution >= 4 is 16.0 Å². The number of carbonyl (C=O) groups is 1. The molecular formula is C13H17FN2O4S. The van der Waals surface area contributed by atoms with Gasteiger partial charge in [0.05, 0.1) is 0 Å². The molecule has 116 valence electrons. The molecular weight excluding hydrogens is 299 g/mol. The van der Waals surface area contributed by atoms with Crippen LogP contribution in [0.25, 0.3) is 0 Å². The number of alkyl halides is 1. The standard InChI is InChI=1S/C13H17FN2O4S/c14-10-3-1-2-9(6-10)7-16-21(19,20)11-4-5-12(13(17)18)15-8-11/h4-5,8-10,16H,1-3,6-7H2,(H,17,18). The topological polar surface area (TPSA) is 96.4 Å². The Labute approximate surface area is 122 Å². The van der Waals surface area contributed by atoms with Crippen molar-refractivity contribution in [3.63, 3.8) is 0 Å². The van der Waals surface area contributed by atoms with E-state index in [1.165, 1.54) is 6.07 Å². The second kappa shape index (κ2) is 6.48. The van der Waals surface area contributed by atoms with E-state index in [0.29, 0.717) is 12.8 Å². The van der Waals surface area contributed by atoms with Crippen LogP contribution in [-0.4, -0.2) is 37.2 Å². The van der Waals surface area contributed by atoms with E-state index in [9.17, 15) is 17.6 Å². The van der Waals surface area contributed by atoms with Crippen LogP contribution in [0, 0.1) is 5.92 Å². The van der Waals surface area contributed by atoms with Gasteiger partial charge in [-0.25, -0.2) is 27.3 Å². The van der Waals surface area contributed by atoms with E-state index in [1.807, 2.05) is 0 Å². The number of nitrogens with one attached hydrogen (secondary N) is 1. The maximum Gasteiger partial charge on any atom is 0.354 e. The first-order chi connectivity index (χ1) is 9.88. The number of pyridine rings is 1. The van der Waals surface area contributed by atoms with Crippen LogP contribution >= 0.6 is 0 Å². The zero-order valence-corrected chi connectivity index (χ0v) is 12.1. The highest BCUT2D eigenvalue weighted by Crippen LogP contribution is 2.26. The van der Waals surface area contributed by atoms with Gasteiger partial charge < -0.3 is 5.11 Å². The SMILES string of the molecule is O=C(O)c1ccc(S(=O)(=O)NCC2CCCC(F)C2)cn1. The third-order valence-corrected chi connectivity index (χ3v) is 4.96. The van der Waals surface area contributed by atoms with Gasteiger partial charge in [0.25, 0.3) is 0 Å². The minimum Gasteiger partial charge on any atom is -0.477 e. The first-order valence-corrected chi connectivity index (χ1v) is 8.20. The van der Waals surface area contributed by atoms with Crippen LogP contribution in [0.5, 0.6) is 0 Å². The summed E-state index contributed by atoms with van der Waals surface area (Å²) in [7, 11) is -3.75. The molecule has 1 aromatic heterocycles. The van der Waals surface area contributed by atoms with Crippen molar-refractivity contribution in [3.05, 3.63) is 24.0 Å². The molecule has 1 heterocycles. The van der Waals surface area contributed by atoms with Crippen molar-refractivity contribution in [2.24, 2.45) is 5.92 Å². The molecule has 6 nitrogen and oxygen atoms in total. The van der Waals surface area contributed by atoms with Crippen molar-refractivity contribution in [1.82, 2.24) is 9.71 Å². The van der Waals surface area contributed by atoms with Gasteiger partial charge in [-0.15, -0.1) is 0 Å². The van der Waals surface area contributed by atoms with Crippen molar-refractivity contribution < 1.29 is 22.7 Å². The summed E-state index contributed by atoms with van der Waals surface area (Å²) in [5.74, 6) is -1.22. The summed E-state index contributed by atoms with van der Waals surface area (Å²) >= 11 is 0. The van der Waals surface area contributed by atoms with Gasteiger partial charge in [0.1, 0.15) is 16.8 Å². The van der Waals surface area contributed by atoms with Crippen molar-refractivity contribution in [3.8, 4) is 0 Å². The lowest BCUT2D eigenvalue weighted by molar-refractivity contribution is 0.0690. The number of aromatic carboxylic acids is 1. The van der Waals surface area contributed by atoms with Gasteiger partial charge in [0, 0.05) is 12.7 Å². The number of aromatic nitrogens is 1. The molecule has 0 radical (unpaired) electrons. The third-order valence-electron chi connectivity index (χ3n) is 3.55. The molecule has 2 rings (SSSR count). The molecule has 0 spiro atoms. The van der Waals surface area contributed by atoms with Crippen LogP contribution in [0.4, 0.5) is 4.39 Å². The average molecular weight is 316 g/mol. The Kier molecular flexibility index (Phi) is 4.89. The van der Waals surface area contributed by atoms with Gasteiger partial charge in [-0.05, 0) is 37.3 Å². The largest absolute Gasteiger partial charge is 0.477 e. The van der Waals surface area contributed by atoms with E-state index in [4.69, 9.17) is 5.11 Å². The molecule has 0 bridgehead atoms. The molecule has 0 aliphatic heterocycles. The van der Waals surface area contributed by atoms with Crippen LogP contribution in [0.1, 0.15) is 36.2 Å². The van der Waals surface area contributed by atoms with E-state index in [0.717, 1.165) is 25.1 Å². The number of rotatable bonds is 5. The molecule has 21 heavy (non-hydrogen) atoms. The van der Waals surface area contributed by atoms with E-state index in [1.54, 1.807) is 0 Å². The van der Waals surface area contributed by atoms with Crippen LogP contribution in [0.2, 0.25) is 0 Å². The van der Waals surface area contributed by atoms with Gasteiger partial charge in [-0.1, -0.05) is 6.42 Å². The highest BCUT2D eigenvalue weighted by molar-refractivity contribution is 7.89. The second-order valence-corrected chi connectivity index (χ2v) is 6.93. The Hall–Kier alpha value is -1.54. The van der Waals surface area contributed by atoms with E-state index in [2.05, 4.69) is 9.71 Å². The average Bonchev–Trinajstić information content (AvgIpc) is 2.45. The van der Waals surface area contributed by atoms with E-state index < -0.39 is 22.2 Å². The number of hydrogen-bond acceptors (Lipinski definition) is 4. The summed E-state index contributed by atoms with van der Waals surface area (Å²) in [5.41, 5.74) is -0.221. The second-order valence-electron chi connectivity index (χ2n) is 5.17. The van der Waals surface area contributed by atoms with E-state index >= 15 is 0 Å². The Morgan fingerprint density at radius 2 is 2.19 bits per heavy atom. The summed E-state index contributed by atoms with van der Waals surface area (Å²) in [6.07, 6.45) is 2.64. The lowest BCUT2D eigenvalue weighted by atomic mass is 9.88. The maximum atomic E-state index is 13.3. The normalized spacial score (nSPS) is 22.9. The molecule has 1 aliphatic carbocycles. The molecule has 2 N–H and O–H groups in total. The van der Waals surface area contributed by atoms with Crippen LogP contribution in [0.3, 0.4) is 0 Å². The smallest absolute Gasteiger partial charge is 0.354 e. The lowest BCUT2D eigenvalue weighted by Crippen LogP contribution is -2.32. The maximum absolute atomic E-state index is 13.3. The first-order valence-electron chi connectivity index (χ1n) is 6.71. The molecule has 2 unspecified atom stereocenters. The van der Waals surface area contributed by atoms with Gasteiger partial charge in [0.2, 0.25) is 10.0 Å². The Balaban J connectivity index is 1.99. The number of carboxylic acids is 1. The minimum absolute atomic E-state index is 0.00484. The third kappa shape index (κ3) is 4.21. The molecule has 8 heteroatoms. The lowest BCUT2D eigenvalue weighted by Gasteiger charge is -2.24. The first kappa shape index (κ1) is 15.8. The van der Waals surface area contributed by atoms with Crippen LogP contribution in [-0.2, 0) is 10.0 Å². The van der Waals surface area contributed by atoms with Gasteiger partial charge in [-0.3, -0.25) is 0 Å². The van der Waals surface area contributed by atoms with E-state index in [-0.39, 0.29) is 23.1 Å². The van der Waals surface area contributed by atoms with Crippen molar-refractivity contribution in [1.29, 1.82) is 0 Å². The fourth-order valence-electron chi connectivity index (χ4n) is 2.39. The summed E-state index contributed by atoms with van der Waals surface area (Å²) < 4.78 is 39.8. The molecule has 0 saturated heterocycles. The highest BCUT2D eigenvalue weighted by Gasteiger charge is 2.23. The molecule has 1 aliphatic rings. The minimum atomic E-state index is -3.75. The van der Waals surface area contributed by atoms with Gasteiger partial charge in [-0.2, -0.15) is 0 Å². The predicted molar refractivity (Wildman–Crippen MR) is 73.2 cm³/mol. The summed E-state index contributed by atoms with van der Waals surface area (Å²) in [4.78, 5) is 14.1. The number of sulfonamides is 1. The quantitative estimate of drug-likeness (QED) is 0.860. The fourth-order valence-corrected chi connectivity index (χ4v) is 3.45. The molecule has 1 fully saturated rings. The Morgan fingerprint density at radius 1 is 1.43 bits per heavy atom. The van der Waals surface area contributed by atoms with Crippen LogP contribution in [0.15, 0.2) is 23.2 Å². The Bertz CT molecular complexity index is 603. The monoisotopic (exact) mass is 316 g/mol. The summed E-state index contributed by atoms with van der Waals surface area (Å²) in [6.45, 7) is 0.184. The Morgan fingerprint density at radius 3 is 2.76 bits per heavy atom. The molecule has 2 atom stereocenters. The van der Waals surface area contributed by atoms with Crippen molar-refractivity contribution in [2.45, 2.75) is 36.8 Å². The molecule has 1 aromatic rings. The molecule has 1 saturated carbocycles. The highest BCUT2D eigenvalue weighted by atomic mass is 32.2.